The maximum atomic E-state index is 9.23. The van der Waals surface area contributed by atoms with E-state index < -0.39 is 18.1 Å². The zero-order chi connectivity index (χ0) is 54.2. The molecule has 0 N–H and O–H groups in total. The Balaban J connectivity index is 2.44. The first-order valence-electron chi connectivity index (χ1n) is 33.0. The Morgan fingerprint density at radius 3 is 0.587 bits per heavy atom. The van der Waals surface area contributed by atoms with E-state index in [0.717, 1.165) is 0 Å². The lowest BCUT2D eigenvalue weighted by Gasteiger charge is -2.33. The summed E-state index contributed by atoms with van der Waals surface area (Å²) in [5, 5.41) is 6.72. The van der Waals surface area contributed by atoms with E-state index in [4.69, 9.17) is 0 Å². The number of aryl methyl sites for hydroxylation is 8. The molecule has 0 heterocycles. The van der Waals surface area contributed by atoms with Crippen LogP contribution in [-0.2, 0) is 81.2 Å². The molecular weight excluding hydrogens is 937 g/mol. The van der Waals surface area contributed by atoms with Gasteiger partial charge in [0.2, 0.25) is 18.1 Å². The van der Waals surface area contributed by atoms with Crippen molar-refractivity contribution in [2.75, 3.05) is 0 Å². The van der Waals surface area contributed by atoms with E-state index in [-0.39, 0.29) is 0 Å². The predicted octanol–water partition coefficient (Wildman–Crippen LogP) is 18.2. The van der Waals surface area contributed by atoms with E-state index in [2.05, 4.69) is 132 Å². The van der Waals surface area contributed by atoms with E-state index in [9.17, 15) is 4.12 Å². The van der Waals surface area contributed by atoms with Crippen molar-refractivity contribution >= 4 is 38.8 Å². The number of benzene rings is 4. The smallest absolute Gasteiger partial charge is 0.229 e. The van der Waals surface area contributed by atoms with Gasteiger partial charge < -0.3 is 4.12 Å². The van der Waals surface area contributed by atoms with Crippen molar-refractivity contribution in [3.8, 4) is 0 Å². The van der Waals surface area contributed by atoms with Gasteiger partial charge in [0, 0.05) is 0 Å². The molecule has 0 fully saturated rings. The van der Waals surface area contributed by atoms with Crippen LogP contribution in [0.25, 0.3) is 0 Å². The van der Waals surface area contributed by atoms with E-state index in [0.29, 0.717) is 0 Å². The van der Waals surface area contributed by atoms with Crippen LogP contribution in [0.1, 0.15) is 304 Å². The molecule has 0 amide bonds. The Hall–Kier alpha value is -2.73. The number of hydrogen-bond donors (Lipinski definition) is 0. The lowest BCUT2D eigenvalue weighted by atomic mass is 9.94. The summed E-state index contributed by atoms with van der Waals surface area (Å²) >= 11 is 0. The van der Waals surface area contributed by atoms with E-state index >= 15 is 0 Å². The van der Waals surface area contributed by atoms with Crippen LogP contribution in [0.5, 0.6) is 0 Å². The second kappa shape index (κ2) is 38.0. The molecular formula is C72H118OSi2. The average Bonchev–Trinajstić information content (AvgIpc) is 3.43. The highest BCUT2D eigenvalue weighted by Crippen LogP contribution is 2.27. The van der Waals surface area contributed by atoms with Gasteiger partial charge >= 0.3 is 0 Å². The average molecular weight is 1060 g/mol. The molecule has 0 atom stereocenters. The van der Waals surface area contributed by atoms with Crippen LogP contribution >= 0.6 is 0 Å². The first kappa shape index (κ1) is 64.8. The predicted molar refractivity (Wildman–Crippen MR) is 343 cm³/mol. The number of rotatable bonds is 42. The molecule has 420 valence electrons. The van der Waals surface area contributed by atoms with Crippen LogP contribution in [0.2, 0.25) is 0 Å². The van der Waals surface area contributed by atoms with Crippen molar-refractivity contribution in [2.45, 2.75) is 314 Å². The summed E-state index contributed by atoms with van der Waals surface area (Å²) in [5.74, 6) is 0. The lowest BCUT2D eigenvalue weighted by Crippen LogP contribution is -2.59. The van der Waals surface area contributed by atoms with Gasteiger partial charge in [0.15, 0.2) is 0 Å². The molecule has 4 aromatic carbocycles. The van der Waals surface area contributed by atoms with E-state index in [1.165, 1.54) is 231 Å². The normalized spacial score (nSPS) is 11.8. The molecule has 4 aromatic rings. The minimum Gasteiger partial charge on any atom is -0.446 e. The van der Waals surface area contributed by atoms with E-state index in [1.807, 2.05) is 0 Å². The Labute approximate surface area is 469 Å². The summed E-state index contributed by atoms with van der Waals surface area (Å²) in [7, 11) is -4.89. The molecule has 0 bridgehead atoms. The van der Waals surface area contributed by atoms with Crippen LogP contribution in [0.15, 0.2) is 48.5 Å². The minimum absolute atomic E-state index is 1.17. The highest BCUT2D eigenvalue weighted by atomic mass is 28.4. The third-order valence-corrected chi connectivity index (χ3v) is 23.2. The summed E-state index contributed by atoms with van der Waals surface area (Å²) in [6.07, 6.45) is 43.9. The second-order valence-corrected chi connectivity index (χ2v) is 28.5. The van der Waals surface area contributed by atoms with Gasteiger partial charge in [-0.3, -0.25) is 0 Å². The fraction of sp³-hybridized carbons (Fsp3) is 0.667. The molecule has 0 radical (unpaired) electrons. The standard InChI is InChI=1S/C72H118OSi2/c1-13-25-37-57-49-61(41-29-17-5)65(45-33-21-9)69(53-57)74(70-54-58(38-26-14-2)50-62(42-30-18-6)66(70)46-34-22-10)73-75(71-55-59(39-27-15-3)51-63(43-31-19-7)67(71)47-35-23-11)72-56-60(40-28-16-4)52-64(44-32-20-8)68(72)48-36-24-12/h49-56,74-75H,13-48H2,1-12H3. The molecule has 4 rings (SSSR count). The molecule has 0 unspecified atom stereocenters. The van der Waals surface area contributed by atoms with Crippen molar-refractivity contribution in [2.24, 2.45) is 0 Å². The highest BCUT2D eigenvalue weighted by molar-refractivity contribution is 6.92. The topological polar surface area (TPSA) is 9.23 Å². The van der Waals surface area contributed by atoms with Crippen LogP contribution < -0.4 is 20.7 Å². The summed E-state index contributed by atoms with van der Waals surface area (Å²) in [4.78, 5) is 0. The molecule has 75 heavy (non-hydrogen) atoms. The SMILES string of the molecule is CCCCc1cc(CCCC)c(CCCC)c([SiH](O[SiH](c2cc(CCCC)cc(CCCC)c2CCCC)c2cc(CCCC)cc(CCCC)c2CCCC)c2cc(CCCC)cc(CCCC)c2CCCC)c1. The summed E-state index contributed by atoms with van der Waals surface area (Å²) in [5.41, 5.74) is 19.8. The Morgan fingerprint density at radius 2 is 0.400 bits per heavy atom. The monoisotopic (exact) mass is 1050 g/mol. The zero-order valence-electron chi connectivity index (χ0n) is 51.6. The summed E-state index contributed by atoms with van der Waals surface area (Å²) < 4.78 is 9.23. The van der Waals surface area contributed by atoms with Crippen LogP contribution in [0, 0.1) is 0 Å². The third kappa shape index (κ3) is 20.5. The fourth-order valence-electron chi connectivity index (χ4n) is 12.1. The van der Waals surface area contributed by atoms with Crippen molar-refractivity contribution < 1.29 is 4.12 Å². The quantitative estimate of drug-likeness (QED) is 0.0402. The molecule has 0 saturated heterocycles. The van der Waals surface area contributed by atoms with Gasteiger partial charge in [-0.1, -0.05) is 209 Å². The molecule has 0 aliphatic carbocycles. The second-order valence-electron chi connectivity index (χ2n) is 23.4. The largest absolute Gasteiger partial charge is 0.446 e. The highest BCUT2D eigenvalue weighted by Gasteiger charge is 2.35. The Kier molecular flexibility index (Phi) is 32.8. The van der Waals surface area contributed by atoms with Gasteiger partial charge in [0.05, 0.1) is 0 Å². The van der Waals surface area contributed by atoms with Gasteiger partial charge in [0.1, 0.15) is 0 Å². The van der Waals surface area contributed by atoms with Gasteiger partial charge in [-0.25, -0.2) is 0 Å². The van der Waals surface area contributed by atoms with Crippen LogP contribution in [0.4, 0.5) is 0 Å². The summed E-state index contributed by atoms with van der Waals surface area (Å²) in [6.45, 7) is 28.9. The first-order valence-corrected chi connectivity index (χ1v) is 36.2. The molecule has 0 spiro atoms. The summed E-state index contributed by atoms with van der Waals surface area (Å²) in [6, 6.07) is 22.1. The Bertz CT molecular complexity index is 1880. The molecule has 0 saturated carbocycles. The number of hydrogen-bond acceptors (Lipinski definition) is 1. The van der Waals surface area contributed by atoms with Crippen LogP contribution in [0.3, 0.4) is 0 Å². The van der Waals surface area contributed by atoms with Crippen molar-refractivity contribution in [1.82, 2.24) is 0 Å². The molecule has 0 aliphatic heterocycles. The van der Waals surface area contributed by atoms with Gasteiger partial charge in [-0.2, -0.15) is 0 Å². The third-order valence-electron chi connectivity index (χ3n) is 16.7. The molecule has 1 nitrogen and oxygen atoms in total. The van der Waals surface area contributed by atoms with Crippen molar-refractivity contribution in [3.63, 3.8) is 0 Å². The molecule has 0 aromatic heterocycles. The van der Waals surface area contributed by atoms with Gasteiger partial charge in [0.25, 0.3) is 0 Å². The zero-order valence-corrected chi connectivity index (χ0v) is 53.9. The van der Waals surface area contributed by atoms with Gasteiger partial charge in [-0.15, -0.1) is 0 Å². The van der Waals surface area contributed by atoms with Crippen molar-refractivity contribution in [3.05, 3.63) is 115 Å². The fourth-order valence-corrected chi connectivity index (χ4v) is 20.2. The first-order chi connectivity index (χ1) is 36.7. The van der Waals surface area contributed by atoms with Crippen molar-refractivity contribution in [1.29, 1.82) is 0 Å². The maximum Gasteiger partial charge on any atom is 0.229 e. The lowest BCUT2D eigenvalue weighted by molar-refractivity contribution is 0.627. The molecule has 3 heteroatoms. The van der Waals surface area contributed by atoms with Crippen LogP contribution in [-0.4, -0.2) is 18.1 Å². The minimum atomic E-state index is -2.45. The van der Waals surface area contributed by atoms with Gasteiger partial charge in [-0.05, 0) is 242 Å². The van der Waals surface area contributed by atoms with E-state index in [1.54, 1.807) is 87.5 Å². The maximum absolute atomic E-state index is 9.23. The Morgan fingerprint density at radius 1 is 0.227 bits per heavy atom. The number of unbranched alkanes of at least 4 members (excludes halogenated alkanes) is 12. The molecule has 0 aliphatic rings.